The van der Waals surface area contributed by atoms with Crippen LogP contribution in [0.2, 0.25) is 4.34 Å². The number of piperidine rings is 1. The largest absolute Gasteiger partial charge is 0.306 e. The van der Waals surface area contributed by atoms with E-state index >= 15 is 0 Å². The zero-order valence-corrected chi connectivity index (χ0v) is 24.2. The normalized spacial score (nSPS) is 18.4. The molecule has 208 valence electrons. The number of likely N-dealkylation sites (tertiary alicyclic amines) is 1. The molecule has 2 aromatic heterocycles. The number of Topliss-reactive ketones (excluding diaryl/α,β-unsaturated/α-hetero) is 2. The van der Waals surface area contributed by atoms with Crippen LogP contribution < -0.4 is 5.56 Å². The number of thiazole rings is 1. The molecule has 1 saturated heterocycles. The van der Waals surface area contributed by atoms with Crippen molar-refractivity contribution in [3.8, 4) is 0 Å². The van der Waals surface area contributed by atoms with E-state index in [1.165, 1.54) is 28.7 Å². The lowest BCUT2D eigenvalue weighted by molar-refractivity contribution is -0.122. The lowest BCUT2D eigenvalue weighted by atomic mass is 9.83. The number of nitrogens with zero attached hydrogens (tertiary/aromatic N) is 4. The van der Waals surface area contributed by atoms with E-state index in [0.717, 1.165) is 58.0 Å². The minimum Gasteiger partial charge on any atom is -0.306 e. The van der Waals surface area contributed by atoms with E-state index in [9.17, 15) is 14.4 Å². The maximum atomic E-state index is 13.7. The van der Waals surface area contributed by atoms with Crippen molar-refractivity contribution in [2.45, 2.75) is 76.7 Å². The van der Waals surface area contributed by atoms with Crippen LogP contribution in [0.4, 0.5) is 0 Å². The minimum atomic E-state index is -0.601. The van der Waals surface area contributed by atoms with Crippen LogP contribution in [0.15, 0.2) is 35.5 Å². The third kappa shape index (κ3) is 7.02. The molecular formula is C30H37ClN4O3S. The van der Waals surface area contributed by atoms with E-state index in [2.05, 4.69) is 21.9 Å². The zero-order valence-electron chi connectivity index (χ0n) is 22.6. The highest BCUT2D eigenvalue weighted by Crippen LogP contribution is 2.32. The van der Waals surface area contributed by atoms with Crippen molar-refractivity contribution in [3.05, 3.63) is 56.0 Å². The number of hydrogen-bond acceptors (Lipinski definition) is 7. The van der Waals surface area contributed by atoms with E-state index in [1.54, 1.807) is 24.4 Å². The summed E-state index contributed by atoms with van der Waals surface area (Å²) < 4.78 is 2.05. The summed E-state index contributed by atoms with van der Waals surface area (Å²) >= 11 is 7.33. The van der Waals surface area contributed by atoms with E-state index in [1.807, 2.05) is 0 Å². The summed E-state index contributed by atoms with van der Waals surface area (Å²) in [4.78, 5) is 51.3. The Morgan fingerprint density at radius 1 is 1.08 bits per heavy atom. The van der Waals surface area contributed by atoms with Crippen molar-refractivity contribution in [1.29, 1.82) is 0 Å². The van der Waals surface area contributed by atoms with Crippen LogP contribution in [0.1, 0.15) is 85.6 Å². The molecule has 1 saturated carbocycles. The van der Waals surface area contributed by atoms with Crippen molar-refractivity contribution in [2.24, 2.45) is 11.8 Å². The standard InChI is InChI=1S/C30H37ClN4O3S/c1-34-13-11-20(12-14-34)7-10-26(36)22-8-9-23-24(16-22)33-19-35(30(23)38)25(15-21-5-3-2-4-6-21)27(37)17-29-32-18-28(31)39-29/h8-9,16,18-21,25H,2-7,10-15,17H2,1H3. The lowest BCUT2D eigenvalue weighted by Crippen LogP contribution is -2.33. The molecule has 5 rings (SSSR count). The number of carbonyl (C=O) groups excluding carboxylic acids is 2. The number of hydrogen-bond donors (Lipinski definition) is 0. The Morgan fingerprint density at radius 3 is 2.56 bits per heavy atom. The fourth-order valence-electron chi connectivity index (χ4n) is 6.14. The number of benzene rings is 1. The molecule has 1 atom stereocenters. The molecule has 3 aromatic rings. The van der Waals surface area contributed by atoms with Gasteiger partial charge in [0, 0.05) is 12.0 Å². The van der Waals surface area contributed by atoms with Crippen LogP contribution in [-0.2, 0) is 11.2 Å². The Morgan fingerprint density at radius 2 is 1.85 bits per heavy atom. The van der Waals surface area contributed by atoms with Gasteiger partial charge in [-0.1, -0.05) is 49.8 Å². The summed E-state index contributed by atoms with van der Waals surface area (Å²) in [5.41, 5.74) is 0.851. The molecule has 1 aliphatic carbocycles. The lowest BCUT2D eigenvalue weighted by Gasteiger charge is -2.28. The maximum Gasteiger partial charge on any atom is 0.261 e. The van der Waals surface area contributed by atoms with Gasteiger partial charge in [0.25, 0.3) is 5.56 Å². The second-order valence-corrected chi connectivity index (χ2v) is 13.1. The van der Waals surface area contributed by atoms with Gasteiger partial charge in [-0.3, -0.25) is 19.0 Å². The summed E-state index contributed by atoms with van der Waals surface area (Å²) in [6.07, 6.45) is 13.2. The van der Waals surface area contributed by atoms with Gasteiger partial charge in [-0.2, -0.15) is 0 Å². The van der Waals surface area contributed by atoms with Gasteiger partial charge < -0.3 is 4.90 Å². The van der Waals surface area contributed by atoms with Gasteiger partial charge in [0.2, 0.25) is 0 Å². The molecule has 0 spiro atoms. The zero-order chi connectivity index (χ0) is 27.4. The second-order valence-electron chi connectivity index (χ2n) is 11.4. The first-order valence-corrected chi connectivity index (χ1v) is 15.4. The van der Waals surface area contributed by atoms with Crippen LogP contribution in [0.25, 0.3) is 10.9 Å². The highest BCUT2D eigenvalue weighted by Gasteiger charge is 2.28. The van der Waals surface area contributed by atoms with Gasteiger partial charge in [0.15, 0.2) is 11.6 Å². The Balaban J connectivity index is 1.35. The molecule has 7 nitrogen and oxygen atoms in total. The molecule has 2 aliphatic rings. The molecule has 0 bridgehead atoms. The summed E-state index contributed by atoms with van der Waals surface area (Å²) in [6, 6.07) is 4.57. The number of halogens is 1. The molecule has 2 fully saturated rings. The molecule has 3 heterocycles. The van der Waals surface area contributed by atoms with Crippen molar-refractivity contribution >= 4 is 45.4 Å². The van der Waals surface area contributed by atoms with Crippen molar-refractivity contribution < 1.29 is 9.59 Å². The fourth-order valence-corrected chi connectivity index (χ4v) is 7.10. The van der Waals surface area contributed by atoms with Gasteiger partial charge in [0.1, 0.15) is 9.34 Å². The first-order chi connectivity index (χ1) is 18.9. The van der Waals surface area contributed by atoms with Crippen LogP contribution in [0, 0.1) is 11.8 Å². The Kier molecular flexibility index (Phi) is 9.25. The average molecular weight is 569 g/mol. The number of ketones is 2. The summed E-state index contributed by atoms with van der Waals surface area (Å²) in [6.45, 7) is 2.18. The predicted molar refractivity (Wildman–Crippen MR) is 156 cm³/mol. The van der Waals surface area contributed by atoms with E-state index in [-0.39, 0.29) is 23.5 Å². The first-order valence-electron chi connectivity index (χ1n) is 14.2. The van der Waals surface area contributed by atoms with Crippen LogP contribution in [0.5, 0.6) is 0 Å². The monoisotopic (exact) mass is 568 g/mol. The third-order valence-electron chi connectivity index (χ3n) is 8.56. The van der Waals surface area contributed by atoms with Gasteiger partial charge in [0.05, 0.1) is 35.9 Å². The molecule has 0 N–H and O–H groups in total. The Hall–Kier alpha value is -2.42. The SMILES string of the molecule is CN1CCC(CCC(=O)c2ccc3c(=O)n(C(CC4CCCCC4)C(=O)Cc4ncc(Cl)s4)cnc3c2)CC1. The van der Waals surface area contributed by atoms with E-state index in [0.29, 0.717) is 50.5 Å². The quantitative estimate of drug-likeness (QED) is 0.273. The van der Waals surface area contributed by atoms with E-state index < -0.39 is 6.04 Å². The molecular weight excluding hydrogens is 532 g/mol. The summed E-state index contributed by atoms with van der Waals surface area (Å²) in [5.74, 6) is 1.04. The van der Waals surface area contributed by atoms with Gasteiger partial charge >= 0.3 is 0 Å². The molecule has 1 unspecified atom stereocenters. The van der Waals surface area contributed by atoms with Crippen LogP contribution in [-0.4, -0.2) is 51.1 Å². The topological polar surface area (TPSA) is 85.2 Å². The maximum absolute atomic E-state index is 13.7. The summed E-state index contributed by atoms with van der Waals surface area (Å²) in [5, 5.41) is 1.09. The highest BCUT2D eigenvalue weighted by molar-refractivity contribution is 7.15. The predicted octanol–water partition coefficient (Wildman–Crippen LogP) is 6.13. The van der Waals surface area contributed by atoms with E-state index in [4.69, 9.17) is 11.6 Å². The van der Waals surface area contributed by atoms with Crippen molar-refractivity contribution in [3.63, 3.8) is 0 Å². The number of rotatable bonds is 10. The molecule has 0 amide bonds. The first kappa shape index (κ1) is 28.1. The minimum absolute atomic E-state index is 0.0458. The van der Waals surface area contributed by atoms with Crippen LogP contribution >= 0.6 is 22.9 Å². The van der Waals surface area contributed by atoms with Crippen molar-refractivity contribution in [2.75, 3.05) is 20.1 Å². The molecule has 39 heavy (non-hydrogen) atoms. The highest BCUT2D eigenvalue weighted by atomic mass is 35.5. The number of aromatic nitrogens is 3. The smallest absolute Gasteiger partial charge is 0.261 e. The number of fused-ring (bicyclic) bond motifs is 1. The molecule has 0 radical (unpaired) electrons. The average Bonchev–Trinajstić information content (AvgIpc) is 3.36. The van der Waals surface area contributed by atoms with Gasteiger partial charge in [-0.15, -0.1) is 11.3 Å². The van der Waals surface area contributed by atoms with Crippen LogP contribution in [0.3, 0.4) is 0 Å². The fraction of sp³-hybridized carbons (Fsp3) is 0.567. The number of carbonyl (C=O) groups is 2. The third-order valence-corrected chi connectivity index (χ3v) is 9.68. The molecule has 9 heteroatoms. The molecule has 1 aromatic carbocycles. The summed E-state index contributed by atoms with van der Waals surface area (Å²) in [7, 11) is 2.14. The van der Waals surface area contributed by atoms with Crippen molar-refractivity contribution in [1.82, 2.24) is 19.4 Å². The van der Waals surface area contributed by atoms with Gasteiger partial charge in [-0.05, 0) is 69.8 Å². The Labute approximate surface area is 238 Å². The van der Waals surface area contributed by atoms with Gasteiger partial charge in [-0.25, -0.2) is 9.97 Å². The molecule has 1 aliphatic heterocycles. The Bertz CT molecular complexity index is 1370. The second kappa shape index (κ2) is 12.8.